The minimum atomic E-state index is -3.97. The van der Waals surface area contributed by atoms with E-state index in [1.54, 1.807) is 11.0 Å². The zero-order valence-electron chi connectivity index (χ0n) is 15.7. The van der Waals surface area contributed by atoms with Crippen molar-refractivity contribution in [3.63, 3.8) is 0 Å². The van der Waals surface area contributed by atoms with Gasteiger partial charge in [0.15, 0.2) is 0 Å². The summed E-state index contributed by atoms with van der Waals surface area (Å²) in [4.78, 5) is 25.2. The zero-order chi connectivity index (χ0) is 20.2. The van der Waals surface area contributed by atoms with Crippen LogP contribution in [0.4, 0.5) is 0 Å². The van der Waals surface area contributed by atoms with Gasteiger partial charge in [0.1, 0.15) is 16.4 Å². The van der Waals surface area contributed by atoms with Gasteiger partial charge in [-0.05, 0) is 25.0 Å². The summed E-state index contributed by atoms with van der Waals surface area (Å²) in [6, 6.07) is 4.44. The van der Waals surface area contributed by atoms with Crippen LogP contribution in [0.1, 0.15) is 12.8 Å². The first kappa shape index (κ1) is 21.0. The number of carbonyl (C=O) groups is 2. The molecule has 0 aliphatic carbocycles. The van der Waals surface area contributed by atoms with Gasteiger partial charge >= 0.3 is 0 Å². The van der Waals surface area contributed by atoms with Gasteiger partial charge in [0.2, 0.25) is 21.8 Å². The minimum absolute atomic E-state index is 0.0768. The van der Waals surface area contributed by atoms with Crippen molar-refractivity contribution in [2.24, 2.45) is 11.7 Å². The Balaban J connectivity index is 2.12. The van der Waals surface area contributed by atoms with Gasteiger partial charge in [-0.2, -0.15) is 4.31 Å². The van der Waals surface area contributed by atoms with Crippen LogP contribution in [0.5, 0.6) is 11.5 Å². The fourth-order valence-electron chi connectivity index (χ4n) is 2.94. The van der Waals surface area contributed by atoms with E-state index < -0.39 is 10.0 Å². The summed E-state index contributed by atoms with van der Waals surface area (Å²) in [5.41, 5.74) is 5.29. The molecule has 27 heavy (non-hydrogen) atoms. The lowest BCUT2D eigenvalue weighted by molar-refractivity contribution is -0.134. The molecule has 1 aromatic rings. The van der Waals surface area contributed by atoms with Gasteiger partial charge in [0.25, 0.3) is 0 Å². The third-order valence-electron chi connectivity index (χ3n) is 4.67. The fourth-order valence-corrected chi connectivity index (χ4v) is 4.23. The molecule has 1 aliphatic heterocycles. The van der Waals surface area contributed by atoms with Crippen LogP contribution >= 0.6 is 0 Å². The number of piperidine rings is 1. The number of nitrogens with zero attached hydrogens (tertiary/aromatic N) is 2. The lowest BCUT2D eigenvalue weighted by atomic mass is 9.96. The van der Waals surface area contributed by atoms with Gasteiger partial charge in [-0.25, -0.2) is 8.42 Å². The lowest BCUT2D eigenvalue weighted by Gasteiger charge is -2.31. The number of benzene rings is 1. The maximum absolute atomic E-state index is 12.9. The van der Waals surface area contributed by atoms with Crippen molar-refractivity contribution in [2.75, 3.05) is 40.9 Å². The molecule has 1 aromatic carbocycles. The normalized spacial score (nSPS) is 15.6. The second-order valence-electron chi connectivity index (χ2n) is 6.34. The number of ether oxygens (including phenoxy) is 2. The highest BCUT2D eigenvalue weighted by atomic mass is 32.2. The van der Waals surface area contributed by atoms with Crippen LogP contribution in [-0.2, 0) is 19.6 Å². The molecule has 0 unspecified atom stereocenters. The molecular formula is C17H25N3O6S. The van der Waals surface area contributed by atoms with E-state index in [4.69, 9.17) is 15.2 Å². The summed E-state index contributed by atoms with van der Waals surface area (Å²) in [6.07, 6.45) is 0.975. The molecule has 1 aliphatic rings. The number of likely N-dealkylation sites (N-methyl/N-ethyl adjacent to an activating group) is 1. The Labute approximate surface area is 159 Å². The van der Waals surface area contributed by atoms with Crippen LogP contribution in [-0.4, -0.2) is 70.3 Å². The molecule has 2 N–H and O–H groups in total. The van der Waals surface area contributed by atoms with E-state index in [-0.39, 0.29) is 34.9 Å². The molecule has 9 nitrogen and oxygen atoms in total. The molecule has 0 radical (unpaired) electrons. The first-order valence-electron chi connectivity index (χ1n) is 8.46. The number of amides is 2. The van der Waals surface area contributed by atoms with Crippen molar-refractivity contribution in [2.45, 2.75) is 17.7 Å². The number of methoxy groups -OCH3 is 2. The van der Waals surface area contributed by atoms with Crippen molar-refractivity contribution in [3.8, 4) is 11.5 Å². The Kier molecular flexibility index (Phi) is 6.66. The molecule has 1 saturated heterocycles. The van der Waals surface area contributed by atoms with Crippen molar-refractivity contribution in [1.29, 1.82) is 0 Å². The molecule has 0 aromatic heterocycles. The van der Waals surface area contributed by atoms with E-state index in [0.29, 0.717) is 31.7 Å². The van der Waals surface area contributed by atoms with Crippen molar-refractivity contribution in [1.82, 2.24) is 9.21 Å². The number of hydrogen-bond acceptors (Lipinski definition) is 6. The molecule has 150 valence electrons. The summed E-state index contributed by atoms with van der Waals surface area (Å²) in [5.74, 6) is -0.408. The predicted octanol–water partition coefficient (Wildman–Crippen LogP) is 0.0482. The zero-order valence-corrected chi connectivity index (χ0v) is 16.5. The van der Waals surface area contributed by atoms with Crippen LogP contribution in [0, 0.1) is 5.92 Å². The quantitative estimate of drug-likeness (QED) is 0.692. The topological polar surface area (TPSA) is 119 Å². The van der Waals surface area contributed by atoms with Crippen LogP contribution in [0.3, 0.4) is 0 Å². The summed E-state index contributed by atoms with van der Waals surface area (Å²) in [6.45, 7) is 0.440. The molecule has 0 spiro atoms. The number of hydrogen-bond donors (Lipinski definition) is 1. The standard InChI is InChI=1S/C17H25N3O6S/c1-19(11-16(21)20-8-6-12(7-9-20)17(18)22)27(23,24)15-10-13(25-2)4-5-14(15)26-3/h4-5,10,12H,6-9,11H2,1-3H3,(H2,18,22). The van der Waals surface area contributed by atoms with E-state index in [9.17, 15) is 18.0 Å². The molecular weight excluding hydrogens is 374 g/mol. The largest absolute Gasteiger partial charge is 0.497 e. The Bertz CT molecular complexity index is 803. The fraction of sp³-hybridized carbons (Fsp3) is 0.529. The number of nitrogens with two attached hydrogens (primary N) is 1. The molecule has 0 atom stereocenters. The number of carbonyl (C=O) groups excluding carboxylic acids is 2. The molecule has 10 heteroatoms. The van der Waals surface area contributed by atoms with Gasteiger partial charge in [-0.1, -0.05) is 0 Å². The van der Waals surface area contributed by atoms with Gasteiger partial charge in [0.05, 0.1) is 20.8 Å². The first-order chi connectivity index (χ1) is 12.7. The second kappa shape index (κ2) is 8.57. The minimum Gasteiger partial charge on any atom is -0.497 e. The SMILES string of the molecule is COc1ccc(OC)c(S(=O)(=O)N(C)CC(=O)N2CCC(C(N)=O)CC2)c1. The monoisotopic (exact) mass is 399 g/mol. The smallest absolute Gasteiger partial charge is 0.247 e. The van der Waals surface area contributed by atoms with Crippen LogP contribution < -0.4 is 15.2 Å². The van der Waals surface area contributed by atoms with E-state index in [2.05, 4.69) is 0 Å². The number of primary amides is 1. The molecule has 0 saturated carbocycles. The maximum atomic E-state index is 12.9. The maximum Gasteiger partial charge on any atom is 0.247 e. The van der Waals surface area contributed by atoms with Crippen molar-refractivity contribution >= 4 is 21.8 Å². The molecule has 2 amide bonds. The number of rotatable bonds is 7. The highest BCUT2D eigenvalue weighted by Crippen LogP contribution is 2.30. The first-order valence-corrected chi connectivity index (χ1v) is 9.90. The van der Waals surface area contributed by atoms with Gasteiger partial charge in [-0.15, -0.1) is 0 Å². The van der Waals surface area contributed by atoms with Gasteiger partial charge in [0, 0.05) is 32.1 Å². The molecule has 1 fully saturated rings. The summed E-state index contributed by atoms with van der Waals surface area (Å²) < 4.78 is 37.0. The van der Waals surface area contributed by atoms with Gasteiger partial charge in [-0.3, -0.25) is 9.59 Å². The third-order valence-corrected chi connectivity index (χ3v) is 6.49. The highest BCUT2D eigenvalue weighted by Gasteiger charge is 2.31. The van der Waals surface area contributed by atoms with Crippen LogP contribution in [0.15, 0.2) is 23.1 Å². The van der Waals surface area contributed by atoms with E-state index in [1.165, 1.54) is 33.4 Å². The van der Waals surface area contributed by atoms with Crippen molar-refractivity contribution < 1.29 is 27.5 Å². The molecule has 0 bridgehead atoms. The summed E-state index contributed by atoms with van der Waals surface area (Å²) in [5, 5.41) is 0. The van der Waals surface area contributed by atoms with Crippen molar-refractivity contribution in [3.05, 3.63) is 18.2 Å². The summed E-state index contributed by atoms with van der Waals surface area (Å²) in [7, 11) is 0.172. The highest BCUT2D eigenvalue weighted by molar-refractivity contribution is 7.89. The average Bonchev–Trinajstić information content (AvgIpc) is 2.67. The van der Waals surface area contributed by atoms with E-state index in [1.807, 2.05) is 0 Å². The Morgan fingerprint density at radius 2 is 1.85 bits per heavy atom. The second-order valence-corrected chi connectivity index (χ2v) is 8.35. The average molecular weight is 399 g/mol. The van der Waals surface area contributed by atoms with Crippen LogP contribution in [0.25, 0.3) is 0 Å². The predicted molar refractivity (Wildman–Crippen MR) is 97.9 cm³/mol. The van der Waals surface area contributed by atoms with E-state index in [0.717, 1.165) is 4.31 Å². The Hall–Kier alpha value is -2.33. The Morgan fingerprint density at radius 1 is 1.22 bits per heavy atom. The Morgan fingerprint density at radius 3 is 2.37 bits per heavy atom. The number of likely N-dealkylation sites (tertiary alicyclic amines) is 1. The molecule has 1 heterocycles. The summed E-state index contributed by atoms with van der Waals surface area (Å²) >= 11 is 0. The number of sulfonamides is 1. The third kappa shape index (κ3) is 4.69. The van der Waals surface area contributed by atoms with Gasteiger partial charge < -0.3 is 20.1 Å². The molecule has 2 rings (SSSR count). The van der Waals surface area contributed by atoms with Crippen LogP contribution in [0.2, 0.25) is 0 Å². The lowest BCUT2D eigenvalue weighted by Crippen LogP contribution is -2.46. The van der Waals surface area contributed by atoms with E-state index >= 15 is 0 Å².